The first kappa shape index (κ1) is 18.5. The summed E-state index contributed by atoms with van der Waals surface area (Å²) in [5, 5.41) is 14.2. The van der Waals surface area contributed by atoms with E-state index in [0.29, 0.717) is 34.7 Å². The Hall–Kier alpha value is -2.81. The van der Waals surface area contributed by atoms with Crippen molar-refractivity contribution in [2.75, 3.05) is 59.1 Å². The second kappa shape index (κ2) is 8.88. The summed E-state index contributed by atoms with van der Waals surface area (Å²) >= 11 is 0. The van der Waals surface area contributed by atoms with E-state index < -0.39 is 0 Å². The number of hydrogen-bond donors (Lipinski definition) is 2. The van der Waals surface area contributed by atoms with Crippen LogP contribution in [0.25, 0.3) is 0 Å². The van der Waals surface area contributed by atoms with Crippen LogP contribution in [-0.4, -0.2) is 68.6 Å². The molecule has 0 spiro atoms. The number of ether oxygens (including phenoxy) is 3. The Morgan fingerprint density at radius 2 is 1.72 bits per heavy atom. The van der Waals surface area contributed by atoms with Crippen LogP contribution in [0.3, 0.4) is 0 Å². The van der Waals surface area contributed by atoms with E-state index in [-0.39, 0.29) is 0 Å². The minimum absolute atomic E-state index is 0.365. The van der Waals surface area contributed by atoms with Crippen LogP contribution in [0.4, 0.5) is 17.5 Å². The third-order valence-electron chi connectivity index (χ3n) is 3.34. The van der Waals surface area contributed by atoms with Crippen molar-refractivity contribution in [2.45, 2.75) is 0 Å². The Bertz CT molecular complexity index is 670. The molecule has 136 valence electrons. The molecule has 2 rings (SSSR count). The maximum absolute atomic E-state index is 5.34. The monoisotopic (exact) mass is 348 g/mol. The number of aromatic nitrogens is 3. The molecule has 1 aromatic heterocycles. The number of hydrogen-bond acceptors (Lipinski definition) is 9. The number of nitrogens with zero attached hydrogens (tertiary/aromatic N) is 4. The van der Waals surface area contributed by atoms with Gasteiger partial charge in [0.2, 0.25) is 11.7 Å². The summed E-state index contributed by atoms with van der Waals surface area (Å²) in [5.41, 5.74) is 0.696. The van der Waals surface area contributed by atoms with Gasteiger partial charge in [0.1, 0.15) is 0 Å². The summed E-state index contributed by atoms with van der Waals surface area (Å²) in [6, 6.07) is 3.55. The second-order valence-corrected chi connectivity index (χ2v) is 5.43. The number of nitrogens with one attached hydrogen (secondary N) is 2. The standard InChI is InChI=1S/C16H24N6O3/c1-22(2)7-6-17-14-10-18-21-16(20-14)19-11-8-12(23-3)15(25-5)13(9-11)24-4/h8-10H,6-7H2,1-5H3,(H2,17,19,20,21). The first-order valence-corrected chi connectivity index (χ1v) is 7.72. The van der Waals surface area contributed by atoms with Crippen molar-refractivity contribution < 1.29 is 14.2 Å². The van der Waals surface area contributed by atoms with Crippen molar-refractivity contribution in [3.8, 4) is 17.2 Å². The number of rotatable bonds is 9. The zero-order valence-electron chi connectivity index (χ0n) is 15.2. The highest BCUT2D eigenvalue weighted by Crippen LogP contribution is 2.40. The summed E-state index contributed by atoms with van der Waals surface area (Å²) in [6.45, 7) is 1.65. The highest BCUT2D eigenvalue weighted by molar-refractivity contribution is 5.65. The van der Waals surface area contributed by atoms with Crippen LogP contribution in [0.5, 0.6) is 17.2 Å². The molecule has 0 amide bonds. The van der Waals surface area contributed by atoms with Gasteiger partial charge in [-0.1, -0.05) is 0 Å². The van der Waals surface area contributed by atoms with Crippen LogP contribution in [-0.2, 0) is 0 Å². The molecule has 0 aliphatic rings. The number of benzene rings is 1. The molecule has 0 saturated heterocycles. The van der Waals surface area contributed by atoms with Crippen molar-refractivity contribution >= 4 is 17.5 Å². The fourth-order valence-corrected chi connectivity index (χ4v) is 2.13. The van der Waals surface area contributed by atoms with Gasteiger partial charge in [-0.05, 0) is 14.1 Å². The van der Waals surface area contributed by atoms with E-state index in [9.17, 15) is 0 Å². The van der Waals surface area contributed by atoms with Crippen molar-refractivity contribution in [1.29, 1.82) is 0 Å². The first-order valence-electron chi connectivity index (χ1n) is 7.72. The average Bonchev–Trinajstić information content (AvgIpc) is 2.60. The zero-order chi connectivity index (χ0) is 18.2. The fourth-order valence-electron chi connectivity index (χ4n) is 2.13. The van der Waals surface area contributed by atoms with Gasteiger partial charge in [-0.15, -0.1) is 5.10 Å². The number of anilines is 3. The van der Waals surface area contributed by atoms with E-state index in [2.05, 4.69) is 30.7 Å². The molecule has 0 fully saturated rings. The molecule has 0 saturated carbocycles. The first-order chi connectivity index (χ1) is 12.1. The topological polar surface area (TPSA) is 93.7 Å². The van der Waals surface area contributed by atoms with E-state index in [1.54, 1.807) is 39.7 Å². The van der Waals surface area contributed by atoms with E-state index in [1.165, 1.54) is 0 Å². The van der Waals surface area contributed by atoms with Crippen molar-refractivity contribution in [3.63, 3.8) is 0 Å². The van der Waals surface area contributed by atoms with E-state index >= 15 is 0 Å². The SMILES string of the molecule is COc1cc(Nc2nncc(NCCN(C)C)n2)cc(OC)c1OC. The van der Waals surface area contributed by atoms with Crippen LogP contribution < -0.4 is 24.8 Å². The molecule has 2 N–H and O–H groups in total. The molecule has 0 unspecified atom stereocenters. The highest BCUT2D eigenvalue weighted by atomic mass is 16.5. The predicted molar refractivity (Wildman–Crippen MR) is 96.3 cm³/mol. The fraction of sp³-hybridized carbons (Fsp3) is 0.438. The Morgan fingerprint density at radius 1 is 1.04 bits per heavy atom. The van der Waals surface area contributed by atoms with E-state index in [1.807, 2.05) is 14.1 Å². The zero-order valence-corrected chi connectivity index (χ0v) is 15.2. The van der Waals surface area contributed by atoms with Crippen LogP contribution >= 0.6 is 0 Å². The van der Waals surface area contributed by atoms with Gasteiger partial charge in [-0.25, -0.2) is 0 Å². The van der Waals surface area contributed by atoms with Gasteiger partial charge >= 0.3 is 0 Å². The molecule has 1 heterocycles. The highest BCUT2D eigenvalue weighted by Gasteiger charge is 2.14. The molecule has 2 aromatic rings. The van der Waals surface area contributed by atoms with Crippen molar-refractivity contribution in [2.24, 2.45) is 0 Å². The molecular weight excluding hydrogens is 324 g/mol. The molecule has 9 nitrogen and oxygen atoms in total. The summed E-state index contributed by atoms with van der Waals surface area (Å²) in [6.07, 6.45) is 1.58. The maximum Gasteiger partial charge on any atom is 0.249 e. The van der Waals surface area contributed by atoms with Gasteiger partial charge in [-0.3, -0.25) is 0 Å². The molecule has 25 heavy (non-hydrogen) atoms. The van der Waals surface area contributed by atoms with Crippen LogP contribution in [0.15, 0.2) is 18.3 Å². The van der Waals surface area contributed by atoms with Gasteiger partial charge in [0.25, 0.3) is 0 Å². The van der Waals surface area contributed by atoms with Crippen molar-refractivity contribution in [3.05, 3.63) is 18.3 Å². The van der Waals surface area contributed by atoms with E-state index in [4.69, 9.17) is 14.2 Å². The lowest BCUT2D eigenvalue weighted by atomic mass is 10.2. The van der Waals surface area contributed by atoms with Crippen LogP contribution in [0.1, 0.15) is 0 Å². The Labute approximate surface area is 147 Å². The largest absolute Gasteiger partial charge is 0.493 e. The quantitative estimate of drug-likeness (QED) is 0.701. The van der Waals surface area contributed by atoms with Gasteiger partial charge in [0, 0.05) is 30.9 Å². The molecule has 0 aliphatic heterocycles. The molecular formula is C16H24N6O3. The number of likely N-dealkylation sites (N-methyl/N-ethyl adjacent to an activating group) is 1. The Balaban J connectivity index is 2.16. The second-order valence-electron chi connectivity index (χ2n) is 5.43. The molecule has 0 atom stereocenters. The Morgan fingerprint density at radius 3 is 2.28 bits per heavy atom. The third-order valence-corrected chi connectivity index (χ3v) is 3.34. The lowest BCUT2D eigenvalue weighted by Gasteiger charge is -2.14. The lowest BCUT2D eigenvalue weighted by molar-refractivity contribution is 0.324. The third kappa shape index (κ3) is 5.08. The Kier molecular flexibility index (Phi) is 6.58. The van der Waals surface area contributed by atoms with E-state index in [0.717, 1.165) is 13.1 Å². The molecule has 9 heteroatoms. The summed E-state index contributed by atoms with van der Waals surface area (Å²) in [4.78, 5) is 6.47. The average molecular weight is 348 g/mol. The van der Waals surface area contributed by atoms with Gasteiger partial charge in [0.05, 0.1) is 27.5 Å². The molecule has 1 aromatic carbocycles. The minimum atomic E-state index is 0.365. The summed E-state index contributed by atoms with van der Waals surface area (Å²) in [5.74, 6) is 2.61. The summed E-state index contributed by atoms with van der Waals surface area (Å²) in [7, 11) is 8.71. The normalized spacial score (nSPS) is 10.5. The molecule has 0 bridgehead atoms. The molecule has 0 radical (unpaired) electrons. The van der Waals surface area contributed by atoms with Crippen LogP contribution in [0, 0.1) is 0 Å². The molecule has 0 aliphatic carbocycles. The number of methoxy groups -OCH3 is 3. The van der Waals surface area contributed by atoms with Gasteiger partial charge in [-0.2, -0.15) is 10.1 Å². The van der Waals surface area contributed by atoms with Crippen LogP contribution in [0.2, 0.25) is 0 Å². The smallest absolute Gasteiger partial charge is 0.249 e. The predicted octanol–water partition coefficient (Wildman–Crippen LogP) is 1.61. The van der Waals surface area contributed by atoms with Gasteiger partial charge in [0.15, 0.2) is 17.3 Å². The van der Waals surface area contributed by atoms with Crippen molar-refractivity contribution in [1.82, 2.24) is 20.1 Å². The minimum Gasteiger partial charge on any atom is -0.493 e. The van der Waals surface area contributed by atoms with Gasteiger partial charge < -0.3 is 29.7 Å². The lowest BCUT2D eigenvalue weighted by Crippen LogP contribution is -2.21. The summed E-state index contributed by atoms with van der Waals surface area (Å²) < 4.78 is 16.0. The maximum atomic E-state index is 5.34.